The zero-order valence-corrected chi connectivity index (χ0v) is 14.4. The van der Waals surface area contributed by atoms with Gasteiger partial charge in [-0.1, -0.05) is 23.4 Å². The molecule has 0 spiro atoms. The predicted molar refractivity (Wildman–Crippen MR) is 95.3 cm³/mol. The summed E-state index contributed by atoms with van der Waals surface area (Å²) in [6, 6.07) is 9.90. The molecule has 0 heterocycles. The monoisotopic (exact) mass is 387 g/mol. The lowest BCUT2D eigenvalue weighted by Gasteiger charge is -2.10. The number of carbonyl (C=O) groups excluding carboxylic acids is 1. The largest absolute Gasteiger partial charge is 0.393 e. The molecule has 126 valence electrons. The van der Waals surface area contributed by atoms with Crippen LogP contribution in [-0.4, -0.2) is 5.91 Å². The first-order valence-electron chi connectivity index (χ1n) is 6.47. The van der Waals surface area contributed by atoms with Gasteiger partial charge in [0.05, 0.1) is 4.24 Å². The van der Waals surface area contributed by atoms with Crippen LogP contribution in [0.25, 0.3) is 0 Å². The smallest absolute Gasteiger partial charge is 0.273 e. The maximum atomic E-state index is 13.2. The fraction of sp³-hybridized carbons (Fsp3) is 0. The number of nitrogens with two attached hydrogens (primary N) is 2. The maximum Gasteiger partial charge on any atom is 0.273 e. The first-order chi connectivity index (χ1) is 11.4. The number of amides is 1. The number of hydrogen-bond acceptors (Lipinski definition) is 5. The van der Waals surface area contributed by atoms with Crippen LogP contribution in [0.4, 0.5) is 14.5 Å². The van der Waals surface area contributed by atoms with E-state index in [1.165, 1.54) is 17.8 Å². The molecule has 0 unspecified atom stereocenters. The molecule has 0 fully saturated rings. The fourth-order valence-corrected chi connectivity index (χ4v) is 3.13. The number of thioether (sulfide) groups is 1. The van der Waals surface area contributed by atoms with E-state index in [9.17, 15) is 13.6 Å². The maximum absolute atomic E-state index is 13.2. The standard InChI is InChI=1S/C15H12ClF2N3OS2/c16-8-1-4-10(5-2-8)23-15(24-20)13(19)14(22)21-9-3-6-11(17)12(18)7-9/h1-7H,19-20H2,(H,21,22)/b15-13-. The first kappa shape index (κ1) is 18.6. The summed E-state index contributed by atoms with van der Waals surface area (Å²) < 4.78 is 26.4. The molecule has 2 rings (SSSR count). The van der Waals surface area contributed by atoms with Crippen LogP contribution in [0.1, 0.15) is 0 Å². The summed E-state index contributed by atoms with van der Waals surface area (Å²) in [5.74, 6) is -2.75. The summed E-state index contributed by atoms with van der Waals surface area (Å²) in [7, 11) is 0. The molecular formula is C15H12ClF2N3OS2. The van der Waals surface area contributed by atoms with E-state index in [0.717, 1.165) is 29.0 Å². The lowest BCUT2D eigenvalue weighted by molar-refractivity contribution is -0.112. The Morgan fingerprint density at radius 1 is 1.08 bits per heavy atom. The molecule has 0 saturated carbocycles. The minimum absolute atomic E-state index is 0.0831. The second-order valence-corrected chi connectivity index (χ2v) is 6.88. The topological polar surface area (TPSA) is 81.1 Å². The van der Waals surface area contributed by atoms with Gasteiger partial charge in [-0.2, -0.15) is 0 Å². The second-order valence-electron chi connectivity index (χ2n) is 4.46. The number of carbonyl (C=O) groups is 1. The van der Waals surface area contributed by atoms with Gasteiger partial charge in [0.2, 0.25) is 0 Å². The van der Waals surface area contributed by atoms with Gasteiger partial charge in [-0.3, -0.25) is 9.93 Å². The van der Waals surface area contributed by atoms with Gasteiger partial charge < -0.3 is 11.1 Å². The van der Waals surface area contributed by atoms with Crippen molar-refractivity contribution in [2.45, 2.75) is 4.90 Å². The van der Waals surface area contributed by atoms with Crippen LogP contribution in [0.2, 0.25) is 5.02 Å². The molecule has 5 N–H and O–H groups in total. The number of hydrogen-bond donors (Lipinski definition) is 3. The van der Waals surface area contributed by atoms with Gasteiger partial charge in [-0.15, -0.1) is 0 Å². The molecule has 9 heteroatoms. The summed E-state index contributed by atoms with van der Waals surface area (Å²) in [4.78, 5) is 12.9. The molecule has 2 aromatic rings. The lowest BCUT2D eigenvalue weighted by atomic mass is 10.3. The molecule has 0 aromatic heterocycles. The molecule has 1 amide bonds. The average Bonchev–Trinajstić information content (AvgIpc) is 2.57. The third-order valence-corrected chi connectivity index (χ3v) is 4.91. The van der Waals surface area contributed by atoms with E-state index < -0.39 is 17.5 Å². The summed E-state index contributed by atoms with van der Waals surface area (Å²) in [5, 5.41) is 8.53. The van der Waals surface area contributed by atoms with E-state index >= 15 is 0 Å². The van der Waals surface area contributed by atoms with Crippen LogP contribution in [0.15, 0.2) is 57.3 Å². The quantitative estimate of drug-likeness (QED) is 0.409. The van der Waals surface area contributed by atoms with Gasteiger partial charge in [-0.25, -0.2) is 8.78 Å². The van der Waals surface area contributed by atoms with Gasteiger partial charge in [0.15, 0.2) is 11.6 Å². The van der Waals surface area contributed by atoms with Crippen molar-refractivity contribution in [1.82, 2.24) is 0 Å². The molecule has 2 aromatic carbocycles. The highest BCUT2D eigenvalue weighted by Crippen LogP contribution is 2.34. The summed E-state index contributed by atoms with van der Waals surface area (Å²) >= 11 is 7.81. The van der Waals surface area contributed by atoms with Crippen molar-refractivity contribution in [3.63, 3.8) is 0 Å². The zero-order valence-electron chi connectivity index (χ0n) is 12.1. The highest BCUT2D eigenvalue weighted by molar-refractivity contribution is 8.21. The van der Waals surface area contributed by atoms with E-state index in [1.54, 1.807) is 24.3 Å². The molecule has 24 heavy (non-hydrogen) atoms. The molecule has 0 radical (unpaired) electrons. The highest BCUT2D eigenvalue weighted by atomic mass is 35.5. The van der Waals surface area contributed by atoms with Crippen molar-refractivity contribution in [1.29, 1.82) is 0 Å². The number of anilines is 1. The Kier molecular flexibility index (Phi) is 6.50. The van der Waals surface area contributed by atoms with Crippen molar-refractivity contribution in [2.75, 3.05) is 5.32 Å². The Bertz CT molecular complexity index is 785. The van der Waals surface area contributed by atoms with Crippen molar-refractivity contribution < 1.29 is 13.6 Å². The molecule has 0 aliphatic carbocycles. The van der Waals surface area contributed by atoms with Crippen LogP contribution in [-0.2, 0) is 4.79 Å². The van der Waals surface area contributed by atoms with Crippen molar-refractivity contribution in [3.05, 3.63) is 69.1 Å². The van der Waals surface area contributed by atoms with Gasteiger partial charge in [0, 0.05) is 21.7 Å². The van der Waals surface area contributed by atoms with E-state index in [-0.39, 0.29) is 11.4 Å². The molecule has 0 aliphatic rings. The molecular weight excluding hydrogens is 376 g/mol. The Hall–Kier alpha value is -1.74. The number of nitrogens with one attached hydrogen (secondary N) is 1. The van der Waals surface area contributed by atoms with Gasteiger partial charge in [0.1, 0.15) is 5.70 Å². The van der Waals surface area contributed by atoms with Crippen LogP contribution in [0.3, 0.4) is 0 Å². The van der Waals surface area contributed by atoms with E-state index in [4.69, 9.17) is 22.5 Å². The number of benzene rings is 2. The van der Waals surface area contributed by atoms with Crippen LogP contribution >= 0.6 is 35.3 Å². The van der Waals surface area contributed by atoms with Crippen LogP contribution in [0.5, 0.6) is 0 Å². The molecule has 4 nitrogen and oxygen atoms in total. The average molecular weight is 388 g/mol. The van der Waals surface area contributed by atoms with Crippen molar-refractivity contribution in [3.8, 4) is 0 Å². The van der Waals surface area contributed by atoms with Crippen molar-refractivity contribution in [2.24, 2.45) is 10.9 Å². The Morgan fingerprint density at radius 3 is 2.33 bits per heavy atom. The molecule has 0 saturated heterocycles. The first-order valence-corrected chi connectivity index (χ1v) is 8.54. The minimum atomic E-state index is -1.07. The normalized spacial score (nSPS) is 11.8. The van der Waals surface area contributed by atoms with Crippen LogP contribution < -0.4 is 16.2 Å². The van der Waals surface area contributed by atoms with Gasteiger partial charge in [-0.05, 0) is 48.3 Å². The summed E-state index contributed by atoms with van der Waals surface area (Å²) in [6.07, 6.45) is 0. The van der Waals surface area contributed by atoms with Gasteiger partial charge in [0.25, 0.3) is 5.91 Å². The molecule has 0 atom stereocenters. The third-order valence-electron chi connectivity index (χ3n) is 2.77. The van der Waals surface area contributed by atoms with Crippen LogP contribution in [0, 0.1) is 11.6 Å². The molecule has 0 bridgehead atoms. The Morgan fingerprint density at radius 2 is 1.75 bits per heavy atom. The molecule has 0 aliphatic heterocycles. The second kappa shape index (κ2) is 8.39. The lowest BCUT2D eigenvalue weighted by Crippen LogP contribution is -2.21. The number of rotatable bonds is 5. The fourth-order valence-electron chi connectivity index (χ4n) is 1.62. The SMILES string of the molecule is NS/C(Sc1ccc(Cl)cc1)=C(\N)C(=O)Nc1ccc(F)c(F)c1. The number of halogens is 3. The highest BCUT2D eigenvalue weighted by Gasteiger charge is 2.14. The Labute approximate surface area is 150 Å². The van der Waals surface area contributed by atoms with Gasteiger partial charge >= 0.3 is 0 Å². The minimum Gasteiger partial charge on any atom is -0.393 e. The summed E-state index contributed by atoms with van der Waals surface area (Å²) in [6.45, 7) is 0. The Balaban J connectivity index is 2.16. The predicted octanol–water partition coefficient (Wildman–Crippen LogP) is 4.08. The van der Waals surface area contributed by atoms with Crippen molar-refractivity contribution >= 4 is 46.9 Å². The van der Waals surface area contributed by atoms with E-state index in [1.807, 2.05) is 0 Å². The summed E-state index contributed by atoms with van der Waals surface area (Å²) in [5.41, 5.74) is 5.77. The zero-order chi connectivity index (χ0) is 17.7. The van der Waals surface area contributed by atoms with E-state index in [2.05, 4.69) is 5.32 Å². The van der Waals surface area contributed by atoms with E-state index in [0.29, 0.717) is 9.26 Å². The third kappa shape index (κ3) is 4.88.